The molecule has 19 heavy (non-hydrogen) atoms. The van der Waals surface area contributed by atoms with Crippen LogP contribution < -0.4 is 0 Å². The van der Waals surface area contributed by atoms with E-state index in [0.717, 1.165) is 44.3 Å². The Morgan fingerprint density at radius 3 is 2.74 bits per heavy atom. The van der Waals surface area contributed by atoms with Gasteiger partial charge in [0.25, 0.3) is 0 Å². The molecule has 104 valence electrons. The molecule has 3 nitrogen and oxygen atoms in total. The van der Waals surface area contributed by atoms with E-state index < -0.39 is 5.41 Å². The molecular weight excluding hydrogens is 238 g/mol. The zero-order chi connectivity index (χ0) is 13.9. The van der Waals surface area contributed by atoms with E-state index in [1.54, 1.807) is 12.1 Å². The van der Waals surface area contributed by atoms with Crippen LogP contribution in [0.5, 0.6) is 5.75 Å². The number of hydrogen-bond donors (Lipinski definition) is 1. The summed E-state index contributed by atoms with van der Waals surface area (Å²) in [5.41, 5.74) is 0.506. The lowest BCUT2D eigenvalue weighted by Crippen LogP contribution is -2.45. The predicted molar refractivity (Wildman–Crippen MR) is 76.2 cm³/mol. The fourth-order valence-corrected chi connectivity index (χ4v) is 3.15. The number of hydrogen-bond acceptors (Lipinski definition) is 2. The summed E-state index contributed by atoms with van der Waals surface area (Å²) in [4.78, 5) is 14.8. The summed E-state index contributed by atoms with van der Waals surface area (Å²) in [5.74, 6) is 0.464. The molecule has 0 unspecified atom stereocenters. The van der Waals surface area contributed by atoms with Gasteiger partial charge in [0.1, 0.15) is 5.75 Å². The molecule has 0 aliphatic carbocycles. The minimum atomic E-state index is -0.453. The minimum Gasteiger partial charge on any atom is -0.508 e. The number of aromatic hydroxyl groups is 1. The van der Waals surface area contributed by atoms with Crippen LogP contribution in [0.25, 0.3) is 0 Å². The van der Waals surface area contributed by atoms with Crippen LogP contribution in [0.3, 0.4) is 0 Å². The number of benzene rings is 1. The lowest BCUT2D eigenvalue weighted by Gasteiger charge is -2.34. The first-order chi connectivity index (χ1) is 9.14. The maximum atomic E-state index is 12.9. The van der Waals surface area contributed by atoms with Crippen LogP contribution in [-0.4, -0.2) is 29.0 Å². The first kappa shape index (κ1) is 13.9. The highest BCUT2D eigenvalue weighted by molar-refractivity contribution is 5.88. The Morgan fingerprint density at radius 2 is 2.11 bits per heavy atom. The van der Waals surface area contributed by atoms with Crippen LogP contribution in [0, 0.1) is 0 Å². The first-order valence-corrected chi connectivity index (χ1v) is 7.23. The van der Waals surface area contributed by atoms with E-state index in [1.165, 1.54) is 0 Å². The van der Waals surface area contributed by atoms with E-state index in [9.17, 15) is 9.90 Å². The Morgan fingerprint density at radius 1 is 1.32 bits per heavy atom. The second-order valence-electron chi connectivity index (χ2n) is 5.33. The van der Waals surface area contributed by atoms with Crippen LogP contribution in [0.15, 0.2) is 24.3 Å². The van der Waals surface area contributed by atoms with Crippen molar-refractivity contribution in [2.24, 2.45) is 0 Å². The Balaban J connectivity index is 2.47. The van der Waals surface area contributed by atoms with Gasteiger partial charge in [-0.25, -0.2) is 0 Å². The molecule has 1 amide bonds. The number of likely N-dealkylation sites (N-methyl/N-ethyl adjacent to an activating group) is 1. The monoisotopic (exact) mass is 261 g/mol. The van der Waals surface area contributed by atoms with Crippen molar-refractivity contribution in [1.29, 1.82) is 0 Å². The van der Waals surface area contributed by atoms with Gasteiger partial charge >= 0.3 is 0 Å². The van der Waals surface area contributed by atoms with Crippen molar-refractivity contribution in [2.75, 3.05) is 13.1 Å². The highest BCUT2D eigenvalue weighted by Crippen LogP contribution is 2.38. The van der Waals surface area contributed by atoms with Crippen molar-refractivity contribution in [1.82, 2.24) is 4.90 Å². The quantitative estimate of drug-likeness (QED) is 0.908. The van der Waals surface area contributed by atoms with Gasteiger partial charge in [0, 0.05) is 13.1 Å². The maximum Gasteiger partial charge on any atom is 0.233 e. The summed E-state index contributed by atoms with van der Waals surface area (Å²) in [6.45, 7) is 5.72. The molecule has 1 N–H and O–H groups in total. The van der Waals surface area contributed by atoms with Gasteiger partial charge in [-0.1, -0.05) is 25.5 Å². The van der Waals surface area contributed by atoms with Gasteiger partial charge < -0.3 is 10.0 Å². The number of phenols is 1. The fourth-order valence-electron chi connectivity index (χ4n) is 3.15. The van der Waals surface area contributed by atoms with Gasteiger partial charge in [-0.3, -0.25) is 4.79 Å². The topological polar surface area (TPSA) is 40.5 Å². The molecule has 1 aliphatic rings. The molecule has 0 spiro atoms. The van der Waals surface area contributed by atoms with Crippen LogP contribution in [-0.2, 0) is 10.2 Å². The standard InChI is InChI=1S/C16H23NO2/c1-3-16(13-8-7-9-14(18)12-13)10-5-6-11-17(4-2)15(16)19/h7-9,12,18H,3-6,10-11H2,1-2H3/t16-/m1/s1. The number of carbonyl (C=O) groups is 1. The average Bonchev–Trinajstić information content (AvgIpc) is 2.58. The molecule has 0 aromatic heterocycles. The second-order valence-corrected chi connectivity index (χ2v) is 5.33. The molecule has 1 aromatic carbocycles. The molecule has 1 heterocycles. The number of phenolic OH excluding ortho intramolecular Hbond substituents is 1. The van der Waals surface area contributed by atoms with Crippen molar-refractivity contribution in [3.05, 3.63) is 29.8 Å². The Hall–Kier alpha value is -1.51. The van der Waals surface area contributed by atoms with Gasteiger partial charge in [0.2, 0.25) is 5.91 Å². The number of likely N-dealkylation sites (tertiary alicyclic amines) is 1. The third-order valence-electron chi connectivity index (χ3n) is 4.36. The van der Waals surface area contributed by atoms with Gasteiger partial charge in [0.05, 0.1) is 5.41 Å². The van der Waals surface area contributed by atoms with E-state index >= 15 is 0 Å². The molecule has 1 atom stereocenters. The molecule has 0 saturated carbocycles. The van der Waals surface area contributed by atoms with E-state index in [-0.39, 0.29) is 11.7 Å². The average molecular weight is 261 g/mol. The van der Waals surface area contributed by atoms with Crippen LogP contribution in [0.1, 0.15) is 45.1 Å². The van der Waals surface area contributed by atoms with E-state index in [0.29, 0.717) is 0 Å². The third kappa shape index (κ3) is 2.46. The normalized spacial score (nSPS) is 24.3. The van der Waals surface area contributed by atoms with Gasteiger partial charge in [-0.15, -0.1) is 0 Å². The molecule has 0 bridgehead atoms. The predicted octanol–water partition coefficient (Wildman–Crippen LogP) is 3.07. The smallest absolute Gasteiger partial charge is 0.233 e. The molecule has 1 aromatic rings. The van der Waals surface area contributed by atoms with E-state index in [4.69, 9.17) is 0 Å². The van der Waals surface area contributed by atoms with Gasteiger partial charge in [-0.2, -0.15) is 0 Å². The highest BCUT2D eigenvalue weighted by atomic mass is 16.3. The maximum absolute atomic E-state index is 12.9. The molecule has 1 fully saturated rings. The number of nitrogens with zero attached hydrogens (tertiary/aromatic N) is 1. The summed E-state index contributed by atoms with van der Waals surface area (Å²) in [6, 6.07) is 7.21. The summed E-state index contributed by atoms with van der Waals surface area (Å²) < 4.78 is 0. The largest absolute Gasteiger partial charge is 0.508 e. The van der Waals surface area contributed by atoms with Crippen molar-refractivity contribution in [3.8, 4) is 5.75 Å². The van der Waals surface area contributed by atoms with Gasteiger partial charge in [-0.05, 0) is 43.9 Å². The second kappa shape index (κ2) is 5.64. The molecular formula is C16H23NO2. The summed E-state index contributed by atoms with van der Waals surface area (Å²) in [7, 11) is 0. The first-order valence-electron chi connectivity index (χ1n) is 7.23. The van der Waals surface area contributed by atoms with Crippen LogP contribution >= 0.6 is 0 Å². The third-order valence-corrected chi connectivity index (χ3v) is 4.36. The molecule has 2 rings (SSSR count). The van der Waals surface area contributed by atoms with E-state index in [1.807, 2.05) is 24.0 Å². The molecule has 1 saturated heterocycles. The summed E-state index contributed by atoms with van der Waals surface area (Å²) in [6.07, 6.45) is 3.79. The Bertz CT molecular complexity index is 458. The fraction of sp³-hybridized carbons (Fsp3) is 0.562. The Labute approximate surface area is 115 Å². The van der Waals surface area contributed by atoms with Gasteiger partial charge in [0.15, 0.2) is 0 Å². The van der Waals surface area contributed by atoms with Crippen molar-refractivity contribution >= 4 is 5.91 Å². The lowest BCUT2D eigenvalue weighted by atomic mass is 9.73. The van der Waals surface area contributed by atoms with Crippen LogP contribution in [0.2, 0.25) is 0 Å². The zero-order valence-corrected chi connectivity index (χ0v) is 11.9. The summed E-state index contributed by atoms with van der Waals surface area (Å²) >= 11 is 0. The Kier molecular flexibility index (Phi) is 4.13. The summed E-state index contributed by atoms with van der Waals surface area (Å²) in [5, 5.41) is 9.71. The number of amides is 1. The number of rotatable bonds is 3. The lowest BCUT2D eigenvalue weighted by molar-refractivity contribution is -0.136. The molecule has 3 heteroatoms. The zero-order valence-electron chi connectivity index (χ0n) is 11.9. The molecule has 1 aliphatic heterocycles. The number of carbonyl (C=O) groups excluding carboxylic acids is 1. The van der Waals surface area contributed by atoms with Crippen molar-refractivity contribution in [2.45, 2.75) is 44.9 Å². The van der Waals surface area contributed by atoms with Crippen molar-refractivity contribution in [3.63, 3.8) is 0 Å². The highest BCUT2D eigenvalue weighted by Gasteiger charge is 2.41. The minimum absolute atomic E-state index is 0.223. The molecule has 0 radical (unpaired) electrons. The van der Waals surface area contributed by atoms with Crippen molar-refractivity contribution < 1.29 is 9.90 Å². The van der Waals surface area contributed by atoms with E-state index in [2.05, 4.69) is 6.92 Å². The van der Waals surface area contributed by atoms with Crippen LogP contribution in [0.4, 0.5) is 0 Å². The SMILES string of the molecule is CCN1CCCC[C@](CC)(c2cccc(O)c2)C1=O.